The number of fused-ring (bicyclic) bond motifs is 2. The first-order valence-electron chi connectivity index (χ1n) is 8.25. The van der Waals surface area contributed by atoms with E-state index in [1.54, 1.807) is 16.8 Å². The number of para-hydroxylation sites is 1. The van der Waals surface area contributed by atoms with Crippen LogP contribution in [-0.4, -0.2) is 46.8 Å². The van der Waals surface area contributed by atoms with Crippen LogP contribution in [0.4, 0.5) is 5.69 Å². The van der Waals surface area contributed by atoms with Gasteiger partial charge in [-0.25, -0.2) is 4.98 Å². The molecule has 0 saturated carbocycles. The van der Waals surface area contributed by atoms with Crippen molar-refractivity contribution in [3.05, 3.63) is 58.3 Å². The number of benzene rings is 1. The van der Waals surface area contributed by atoms with Gasteiger partial charge in [0.25, 0.3) is 11.5 Å². The van der Waals surface area contributed by atoms with Crippen molar-refractivity contribution in [2.45, 2.75) is 18.3 Å². The number of likely N-dealkylation sites (N-methyl/N-ethyl adjacent to an activating group) is 1. The number of carbonyl (C=O) groups excluding carboxylic acids is 2. The third kappa shape index (κ3) is 2.26. The highest BCUT2D eigenvalue weighted by molar-refractivity contribution is 6.08. The molecule has 0 unspecified atom stereocenters. The summed E-state index contributed by atoms with van der Waals surface area (Å²) in [6.45, 7) is 0.896. The first-order valence-corrected chi connectivity index (χ1v) is 8.25. The summed E-state index contributed by atoms with van der Waals surface area (Å²) in [6.07, 6.45) is 3.87. The lowest BCUT2D eigenvalue weighted by Crippen LogP contribution is -2.53. The number of piperidine rings is 1. The van der Waals surface area contributed by atoms with E-state index in [-0.39, 0.29) is 23.1 Å². The Morgan fingerprint density at radius 1 is 1.28 bits per heavy atom. The molecule has 1 atom stereocenters. The molecule has 1 saturated heterocycles. The molecule has 2 aliphatic heterocycles. The van der Waals surface area contributed by atoms with E-state index in [0.717, 1.165) is 30.3 Å². The maximum atomic E-state index is 13.0. The molecule has 0 aliphatic carbocycles. The van der Waals surface area contributed by atoms with Gasteiger partial charge in [0.2, 0.25) is 5.91 Å². The molecule has 4 rings (SSSR count). The van der Waals surface area contributed by atoms with E-state index in [0.29, 0.717) is 13.1 Å². The molecule has 1 aromatic heterocycles. The fourth-order valence-electron chi connectivity index (χ4n) is 3.96. The van der Waals surface area contributed by atoms with Crippen molar-refractivity contribution < 1.29 is 9.59 Å². The summed E-state index contributed by atoms with van der Waals surface area (Å²) in [7, 11) is 1.78. The van der Waals surface area contributed by atoms with Crippen molar-refractivity contribution in [2.75, 3.05) is 25.0 Å². The van der Waals surface area contributed by atoms with E-state index in [1.807, 2.05) is 24.3 Å². The summed E-state index contributed by atoms with van der Waals surface area (Å²) in [6, 6.07) is 7.75. The summed E-state index contributed by atoms with van der Waals surface area (Å²) in [5, 5.41) is 0. The molecular weight excluding hydrogens is 320 g/mol. The second-order valence-corrected chi connectivity index (χ2v) is 6.59. The van der Waals surface area contributed by atoms with Crippen LogP contribution in [-0.2, 0) is 10.2 Å². The molecular formula is C18H18N4O3. The van der Waals surface area contributed by atoms with Crippen molar-refractivity contribution in [2.24, 2.45) is 0 Å². The van der Waals surface area contributed by atoms with Crippen LogP contribution in [0, 0.1) is 0 Å². The van der Waals surface area contributed by atoms with Crippen molar-refractivity contribution in [3.8, 4) is 0 Å². The van der Waals surface area contributed by atoms with Crippen LogP contribution in [0.3, 0.4) is 0 Å². The molecule has 25 heavy (non-hydrogen) atoms. The second kappa shape index (κ2) is 5.54. The highest BCUT2D eigenvalue weighted by Crippen LogP contribution is 2.46. The Hall–Kier alpha value is -2.96. The van der Waals surface area contributed by atoms with E-state index < -0.39 is 5.41 Å². The number of anilines is 1. The SMILES string of the molecule is CN1C(=O)[C@@]2(CCCN(C(=O)c3c[nH]c(=O)cn3)C2)c2ccccc21. The molecule has 3 heterocycles. The number of aromatic nitrogens is 2. The zero-order valence-electron chi connectivity index (χ0n) is 13.9. The number of aromatic amines is 1. The Bertz CT molecular complexity index is 902. The van der Waals surface area contributed by atoms with Gasteiger partial charge >= 0.3 is 0 Å². The predicted octanol–water partition coefficient (Wildman–Crippen LogP) is 0.920. The third-order valence-corrected chi connectivity index (χ3v) is 5.17. The molecule has 7 nitrogen and oxygen atoms in total. The van der Waals surface area contributed by atoms with Gasteiger partial charge in [-0.1, -0.05) is 18.2 Å². The Kier molecular flexibility index (Phi) is 3.45. The topological polar surface area (TPSA) is 86.4 Å². The maximum Gasteiger partial charge on any atom is 0.274 e. The van der Waals surface area contributed by atoms with Crippen LogP contribution >= 0.6 is 0 Å². The second-order valence-electron chi connectivity index (χ2n) is 6.59. The van der Waals surface area contributed by atoms with Gasteiger partial charge < -0.3 is 14.8 Å². The number of nitrogens with zero attached hydrogens (tertiary/aromatic N) is 3. The summed E-state index contributed by atoms with van der Waals surface area (Å²) in [4.78, 5) is 46.7. The average Bonchev–Trinajstić information content (AvgIpc) is 2.85. The zero-order valence-corrected chi connectivity index (χ0v) is 13.9. The number of rotatable bonds is 1. The van der Waals surface area contributed by atoms with Gasteiger partial charge in [-0.05, 0) is 24.5 Å². The molecule has 7 heteroatoms. The molecule has 2 aliphatic rings. The Balaban J connectivity index is 1.69. The van der Waals surface area contributed by atoms with Crippen molar-refractivity contribution in [1.29, 1.82) is 0 Å². The Morgan fingerprint density at radius 2 is 2.08 bits per heavy atom. The lowest BCUT2D eigenvalue weighted by Gasteiger charge is -2.39. The average molecular weight is 338 g/mol. The first kappa shape index (κ1) is 15.6. The van der Waals surface area contributed by atoms with E-state index in [2.05, 4.69) is 9.97 Å². The maximum absolute atomic E-state index is 13.0. The number of likely N-dealkylation sites (tertiary alicyclic amines) is 1. The summed E-state index contributed by atoms with van der Waals surface area (Å²) in [5.74, 6) is -0.240. The highest BCUT2D eigenvalue weighted by atomic mass is 16.2. The van der Waals surface area contributed by atoms with Gasteiger partial charge in [0.15, 0.2) is 0 Å². The van der Waals surface area contributed by atoms with Crippen LogP contribution in [0.5, 0.6) is 0 Å². The van der Waals surface area contributed by atoms with Gasteiger partial charge in [-0.15, -0.1) is 0 Å². The van der Waals surface area contributed by atoms with Gasteiger partial charge in [-0.3, -0.25) is 14.4 Å². The molecule has 0 radical (unpaired) electrons. The Labute approximate surface area is 144 Å². The van der Waals surface area contributed by atoms with Crippen LogP contribution in [0.1, 0.15) is 28.9 Å². The fraction of sp³-hybridized carbons (Fsp3) is 0.333. The van der Waals surface area contributed by atoms with Crippen molar-refractivity contribution in [1.82, 2.24) is 14.9 Å². The standard InChI is InChI=1S/C18H18N4O3/c1-21-14-6-3-2-5-12(14)18(17(21)25)7-4-8-22(11-18)16(24)13-9-20-15(23)10-19-13/h2-3,5-6,9-10H,4,7-8,11H2,1H3,(H,20,23)/t18-/m1/s1. The summed E-state index contributed by atoms with van der Waals surface area (Å²) < 4.78 is 0. The molecule has 2 aromatic rings. The molecule has 1 spiro atoms. The number of amides is 2. The quantitative estimate of drug-likeness (QED) is 0.838. The summed E-state index contributed by atoms with van der Waals surface area (Å²) >= 11 is 0. The lowest BCUT2D eigenvalue weighted by molar-refractivity contribution is -0.124. The smallest absolute Gasteiger partial charge is 0.274 e. The monoisotopic (exact) mass is 338 g/mol. The predicted molar refractivity (Wildman–Crippen MR) is 91.5 cm³/mol. The van der Waals surface area contributed by atoms with Crippen LogP contribution in [0.2, 0.25) is 0 Å². The van der Waals surface area contributed by atoms with E-state index in [1.165, 1.54) is 6.20 Å². The highest BCUT2D eigenvalue weighted by Gasteiger charge is 2.52. The van der Waals surface area contributed by atoms with E-state index in [9.17, 15) is 14.4 Å². The molecule has 0 bridgehead atoms. The zero-order chi connectivity index (χ0) is 17.6. The number of hydrogen-bond donors (Lipinski definition) is 1. The molecule has 128 valence electrons. The first-order chi connectivity index (χ1) is 12.0. The third-order valence-electron chi connectivity index (χ3n) is 5.17. The fourth-order valence-corrected chi connectivity index (χ4v) is 3.96. The van der Waals surface area contributed by atoms with Crippen molar-refractivity contribution >= 4 is 17.5 Å². The number of carbonyl (C=O) groups is 2. The number of H-pyrrole nitrogens is 1. The molecule has 1 aromatic carbocycles. The Morgan fingerprint density at radius 3 is 2.84 bits per heavy atom. The van der Waals surface area contributed by atoms with Gasteiger partial charge in [-0.2, -0.15) is 0 Å². The van der Waals surface area contributed by atoms with Gasteiger partial charge in [0.05, 0.1) is 11.6 Å². The number of hydrogen-bond acceptors (Lipinski definition) is 4. The van der Waals surface area contributed by atoms with Gasteiger partial charge in [0.1, 0.15) is 5.69 Å². The van der Waals surface area contributed by atoms with Crippen molar-refractivity contribution in [3.63, 3.8) is 0 Å². The molecule has 1 N–H and O–H groups in total. The molecule has 1 fully saturated rings. The van der Waals surface area contributed by atoms with E-state index >= 15 is 0 Å². The van der Waals surface area contributed by atoms with Crippen LogP contribution in [0.25, 0.3) is 0 Å². The van der Waals surface area contributed by atoms with E-state index in [4.69, 9.17) is 0 Å². The lowest BCUT2D eigenvalue weighted by atomic mass is 9.75. The number of nitrogens with one attached hydrogen (secondary N) is 1. The minimum absolute atomic E-state index is 0.0284. The van der Waals surface area contributed by atoms with Crippen LogP contribution in [0.15, 0.2) is 41.5 Å². The minimum Gasteiger partial charge on any atom is -0.336 e. The van der Waals surface area contributed by atoms with Crippen LogP contribution < -0.4 is 10.5 Å². The normalized spacial score (nSPS) is 22.4. The van der Waals surface area contributed by atoms with Gasteiger partial charge in [0, 0.05) is 32.0 Å². The molecule has 2 amide bonds. The minimum atomic E-state index is -0.693. The largest absolute Gasteiger partial charge is 0.336 e. The summed E-state index contributed by atoms with van der Waals surface area (Å²) in [5.41, 5.74) is 1.02.